The summed E-state index contributed by atoms with van der Waals surface area (Å²) in [6.07, 6.45) is 0. The Balaban J connectivity index is 2.84. The molecule has 4 nitrogen and oxygen atoms in total. The van der Waals surface area contributed by atoms with E-state index in [1.54, 1.807) is 0 Å². The third kappa shape index (κ3) is 4.01. The maximum atomic E-state index is 13.7. The van der Waals surface area contributed by atoms with Crippen molar-refractivity contribution < 1.29 is 12.8 Å². The van der Waals surface area contributed by atoms with Gasteiger partial charge in [-0.1, -0.05) is 13.0 Å². The van der Waals surface area contributed by atoms with Gasteiger partial charge in [-0.3, -0.25) is 0 Å². The van der Waals surface area contributed by atoms with Gasteiger partial charge in [0, 0.05) is 12.6 Å². The molecule has 0 aliphatic heterocycles. The third-order valence-corrected chi connectivity index (χ3v) is 4.39. The van der Waals surface area contributed by atoms with Crippen LogP contribution in [0.4, 0.5) is 4.39 Å². The van der Waals surface area contributed by atoms with E-state index in [4.69, 9.17) is 0 Å². The molecule has 2 N–H and O–H groups in total. The SMILES string of the molecule is CCN[C@H](C)CNS(=O)(=O)c1cccc(Br)c1F. The minimum atomic E-state index is -3.82. The molecule has 1 aromatic rings. The fourth-order valence-corrected chi connectivity index (χ4v) is 3.15. The predicted octanol–water partition coefficient (Wildman–Crippen LogP) is 1.86. The Morgan fingerprint density at radius 2 is 2.11 bits per heavy atom. The highest BCUT2D eigenvalue weighted by Crippen LogP contribution is 2.21. The van der Waals surface area contributed by atoms with Crippen LogP contribution in [0.1, 0.15) is 13.8 Å². The Labute approximate surface area is 115 Å². The van der Waals surface area contributed by atoms with E-state index < -0.39 is 15.8 Å². The molecule has 0 spiro atoms. The van der Waals surface area contributed by atoms with Crippen LogP contribution in [-0.4, -0.2) is 27.5 Å². The number of nitrogens with one attached hydrogen (secondary N) is 2. The van der Waals surface area contributed by atoms with Crippen LogP contribution in [-0.2, 0) is 10.0 Å². The van der Waals surface area contributed by atoms with Gasteiger partial charge >= 0.3 is 0 Å². The summed E-state index contributed by atoms with van der Waals surface area (Å²) < 4.78 is 40.0. The van der Waals surface area contributed by atoms with Crippen molar-refractivity contribution in [3.05, 3.63) is 28.5 Å². The van der Waals surface area contributed by atoms with Gasteiger partial charge < -0.3 is 5.32 Å². The topological polar surface area (TPSA) is 58.2 Å². The summed E-state index contributed by atoms with van der Waals surface area (Å²) in [5.74, 6) is -0.777. The molecular weight excluding hydrogens is 323 g/mol. The van der Waals surface area contributed by atoms with Gasteiger partial charge in [0.25, 0.3) is 0 Å². The minimum absolute atomic E-state index is 0.0139. The lowest BCUT2D eigenvalue weighted by Gasteiger charge is -2.14. The lowest BCUT2D eigenvalue weighted by molar-refractivity contribution is 0.527. The van der Waals surface area contributed by atoms with E-state index >= 15 is 0 Å². The van der Waals surface area contributed by atoms with Gasteiger partial charge in [0.05, 0.1) is 4.47 Å². The Morgan fingerprint density at radius 1 is 1.44 bits per heavy atom. The minimum Gasteiger partial charge on any atom is -0.313 e. The number of halogens is 2. The van der Waals surface area contributed by atoms with Gasteiger partial charge in [0.1, 0.15) is 4.90 Å². The number of sulfonamides is 1. The highest BCUT2D eigenvalue weighted by Gasteiger charge is 2.20. The Hall–Kier alpha value is -0.500. The summed E-state index contributed by atoms with van der Waals surface area (Å²) in [4.78, 5) is -0.347. The lowest BCUT2D eigenvalue weighted by Crippen LogP contribution is -2.39. The molecule has 0 aliphatic rings. The number of benzene rings is 1. The first-order valence-corrected chi connectivity index (χ1v) is 7.83. The highest BCUT2D eigenvalue weighted by atomic mass is 79.9. The predicted molar refractivity (Wildman–Crippen MR) is 72.4 cm³/mol. The largest absolute Gasteiger partial charge is 0.313 e. The van der Waals surface area contributed by atoms with E-state index in [9.17, 15) is 12.8 Å². The van der Waals surface area contributed by atoms with E-state index in [1.807, 2.05) is 13.8 Å². The quantitative estimate of drug-likeness (QED) is 0.832. The Bertz CT molecular complexity index is 508. The summed E-state index contributed by atoms with van der Waals surface area (Å²) in [5, 5.41) is 3.07. The maximum Gasteiger partial charge on any atom is 0.243 e. The van der Waals surface area contributed by atoms with Crippen molar-refractivity contribution in [2.75, 3.05) is 13.1 Å². The first-order chi connectivity index (χ1) is 8.38. The zero-order chi connectivity index (χ0) is 13.8. The lowest BCUT2D eigenvalue weighted by atomic mass is 10.3. The molecule has 102 valence electrons. The van der Waals surface area contributed by atoms with Crippen LogP contribution < -0.4 is 10.0 Å². The van der Waals surface area contributed by atoms with Crippen molar-refractivity contribution in [1.82, 2.24) is 10.0 Å². The number of likely N-dealkylation sites (N-methyl/N-ethyl adjacent to an activating group) is 1. The fraction of sp³-hybridized carbons (Fsp3) is 0.455. The van der Waals surface area contributed by atoms with Crippen LogP contribution in [0.15, 0.2) is 27.6 Å². The highest BCUT2D eigenvalue weighted by molar-refractivity contribution is 9.10. The molecule has 7 heteroatoms. The summed E-state index contributed by atoms with van der Waals surface area (Å²) >= 11 is 2.96. The van der Waals surface area contributed by atoms with Crippen LogP contribution >= 0.6 is 15.9 Å². The molecule has 18 heavy (non-hydrogen) atoms. The van der Waals surface area contributed by atoms with Crippen molar-refractivity contribution in [3.8, 4) is 0 Å². The zero-order valence-electron chi connectivity index (χ0n) is 10.2. The first kappa shape index (κ1) is 15.6. The average molecular weight is 339 g/mol. The molecule has 0 bridgehead atoms. The van der Waals surface area contributed by atoms with E-state index in [1.165, 1.54) is 18.2 Å². The van der Waals surface area contributed by atoms with Crippen molar-refractivity contribution >= 4 is 26.0 Å². The smallest absolute Gasteiger partial charge is 0.243 e. The number of rotatable bonds is 6. The molecule has 0 amide bonds. The van der Waals surface area contributed by atoms with Gasteiger partial charge in [-0.15, -0.1) is 0 Å². The van der Waals surface area contributed by atoms with Crippen LogP contribution in [0, 0.1) is 5.82 Å². The van der Waals surface area contributed by atoms with Gasteiger partial charge in [-0.05, 0) is 41.5 Å². The fourth-order valence-electron chi connectivity index (χ4n) is 1.42. The Morgan fingerprint density at radius 3 is 2.72 bits per heavy atom. The van der Waals surface area contributed by atoms with Crippen molar-refractivity contribution in [1.29, 1.82) is 0 Å². The molecule has 0 heterocycles. The maximum absolute atomic E-state index is 13.7. The molecule has 0 saturated heterocycles. The molecule has 0 unspecified atom stereocenters. The molecule has 0 aliphatic carbocycles. The van der Waals surface area contributed by atoms with E-state index in [2.05, 4.69) is 26.0 Å². The van der Waals surface area contributed by atoms with Crippen LogP contribution in [0.25, 0.3) is 0 Å². The van der Waals surface area contributed by atoms with Crippen molar-refractivity contribution in [3.63, 3.8) is 0 Å². The van der Waals surface area contributed by atoms with Crippen molar-refractivity contribution in [2.24, 2.45) is 0 Å². The number of hydrogen-bond donors (Lipinski definition) is 2. The molecular formula is C11H16BrFN2O2S. The number of hydrogen-bond acceptors (Lipinski definition) is 3. The van der Waals surface area contributed by atoms with Crippen molar-refractivity contribution in [2.45, 2.75) is 24.8 Å². The second-order valence-corrected chi connectivity index (χ2v) is 6.45. The molecule has 1 aromatic carbocycles. The van der Waals surface area contributed by atoms with Crippen LogP contribution in [0.3, 0.4) is 0 Å². The summed E-state index contributed by atoms with van der Waals surface area (Å²) in [7, 11) is -3.82. The summed E-state index contributed by atoms with van der Waals surface area (Å²) in [6.45, 7) is 4.73. The summed E-state index contributed by atoms with van der Waals surface area (Å²) in [6, 6.07) is 4.16. The molecule has 1 rings (SSSR count). The molecule has 0 saturated carbocycles. The third-order valence-electron chi connectivity index (χ3n) is 2.34. The van der Waals surface area contributed by atoms with Gasteiger partial charge in [-0.25, -0.2) is 17.5 Å². The summed E-state index contributed by atoms with van der Waals surface area (Å²) in [5.41, 5.74) is 0. The monoisotopic (exact) mass is 338 g/mol. The van der Waals surface area contributed by atoms with E-state index in [0.717, 1.165) is 6.54 Å². The van der Waals surface area contributed by atoms with Gasteiger partial charge in [-0.2, -0.15) is 0 Å². The van der Waals surface area contributed by atoms with Gasteiger partial charge in [0.2, 0.25) is 10.0 Å². The Kier molecular flexibility index (Phi) is 5.71. The molecule has 0 fully saturated rings. The zero-order valence-corrected chi connectivity index (χ0v) is 12.6. The first-order valence-electron chi connectivity index (χ1n) is 5.55. The standard InChI is InChI=1S/C11H16BrFN2O2S/c1-3-14-8(2)7-15-18(16,17)10-6-4-5-9(12)11(10)13/h4-6,8,14-15H,3,7H2,1-2H3/t8-/m1/s1. The second kappa shape index (κ2) is 6.60. The second-order valence-electron chi connectivity index (χ2n) is 3.86. The molecule has 0 radical (unpaired) electrons. The van der Waals surface area contributed by atoms with E-state index in [-0.39, 0.29) is 22.0 Å². The van der Waals surface area contributed by atoms with Crippen LogP contribution in [0.5, 0.6) is 0 Å². The molecule has 0 aromatic heterocycles. The molecule has 1 atom stereocenters. The van der Waals surface area contributed by atoms with Crippen LogP contribution in [0.2, 0.25) is 0 Å². The normalized spacial score (nSPS) is 13.6. The van der Waals surface area contributed by atoms with Gasteiger partial charge in [0.15, 0.2) is 5.82 Å². The van der Waals surface area contributed by atoms with E-state index in [0.29, 0.717) is 0 Å². The average Bonchev–Trinajstić information content (AvgIpc) is 2.30.